The van der Waals surface area contributed by atoms with Crippen LogP contribution in [0.4, 0.5) is 5.69 Å². The Labute approximate surface area is 178 Å². The summed E-state index contributed by atoms with van der Waals surface area (Å²) in [6.45, 7) is 2.02. The molecule has 0 saturated heterocycles. The van der Waals surface area contributed by atoms with Crippen molar-refractivity contribution in [3.8, 4) is 11.3 Å². The van der Waals surface area contributed by atoms with Crippen LogP contribution < -0.4 is 10.0 Å². The number of anilines is 1. The SMILES string of the molecule is Cc1ccc(-c2n[nH]c3c2[C@H](c2ccccc2)N(c2ccc(C(=O)[O-])cc2)C3=O)cc1. The molecule has 5 rings (SSSR count). The fraction of sp³-hybridized carbons (Fsp3) is 0.0800. The van der Waals surface area contributed by atoms with Gasteiger partial charge in [0, 0.05) is 16.8 Å². The van der Waals surface area contributed by atoms with E-state index < -0.39 is 12.0 Å². The lowest BCUT2D eigenvalue weighted by molar-refractivity contribution is -0.255. The number of aromatic carboxylic acids is 1. The van der Waals surface area contributed by atoms with Crippen molar-refractivity contribution < 1.29 is 14.7 Å². The molecule has 6 nitrogen and oxygen atoms in total. The van der Waals surface area contributed by atoms with Gasteiger partial charge in [0.15, 0.2) is 0 Å². The molecule has 0 unspecified atom stereocenters. The molecule has 6 heteroatoms. The van der Waals surface area contributed by atoms with E-state index in [0.29, 0.717) is 11.4 Å². The summed E-state index contributed by atoms with van der Waals surface area (Å²) in [4.78, 5) is 26.2. The Morgan fingerprint density at radius 1 is 0.968 bits per heavy atom. The van der Waals surface area contributed by atoms with Gasteiger partial charge in [-0.25, -0.2) is 0 Å². The van der Waals surface area contributed by atoms with Crippen molar-refractivity contribution in [3.05, 3.63) is 107 Å². The van der Waals surface area contributed by atoms with Crippen molar-refractivity contribution in [2.75, 3.05) is 4.90 Å². The molecule has 1 N–H and O–H groups in total. The third-order valence-corrected chi connectivity index (χ3v) is 5.59. The molecule has 0 spiro atoms. The number of hydrogen-bond donors (Lipinski definition) is 1. The zero-order chi connectivity index (χ0) is 21.5. The molecule has 152 valence electrons. The molecule has 4 aromatic rings. The normalized spacial score (nSPS) is 15.2. The highest BCUT2D eigenvalue weighted by Gasteiger charge is 2.42. The standard InChI is InChI=1S/C25H19N3O3/c1-15-7-9-16(10-8-15)21-20-22(27-26-21)24(29)28(23(20)17-5-3-2-4-6-17)19-13-11-18(12-14-19)25(30)31/h2-14,23H,1H3,(H,26,27)(H,30,31)/p-1/t23-/m0/s1. The molecule has 0 bridgehead atoms. The molecular formula is C25H18N3O3-. The maximum atomic E-state index is 13.4. The van der Waals surface area contributed by atoms with Crippen molar-refractivity contribution in [2.45, 2.75) is 13.0 Å². The summed E-state index contributed by atoms with van der Waals surface area (Å²) in [6, 6.07) is 23.5. The van der Waals surface area contributed by atoms with Crippen molar-refractivity contribution in [2.24, 2.45) is 0 Å². The van der Waals surface area contributed by atoms with Gasteiger partial charge in [-0.3, -0.25) is 14.8 Å². The van der Waals surface area contributed by atoms with Crippen LogP contribution in [-0.4, -0.2) is 22.1 Å². The maximum Gasteiger partial charge on any atom is 0.277 e. The predicted octanol–water partition coefficient (Wildman–Crippen LogP) is 3.50. The Morgan fingerprint density at radius 2 is 1.65 bits per heavy atom. The van der Waals surface area contributed by atoms with Crippen LogP contribution in [-0.2, 0) is 0 Å². The Morgan fingerprint density at radius 3 is 2.29 bits per heavy atom. The topological polar surface area (TPSA) is 89.1 Å². The summed E-state index contributed by atoms with van der Waals surface area (Å²) >= 11 is 0. The van der Waals surface area contributed by atoms with Crippen molar-refractivity contribution in [3.63, 3.8) is 0 Å². The molecule has 1 atom stereocenters. The Hall–Kier alpha value is -4.19. The molecule has 1 aromatic heterocycles. The second-order valence-corrected chi connectivity index (χ2v) is 7.55. The summed E-state index contributed by atoms with van der Waals surface area (Å²) in [5, 5.41) is 18.5. The minimum absolute atomic E-state index is 0.0622. The highest BCUT2D eigenvalue weighted by atomic mass is 16.4. The first-order valence-electron chi connectivity index (χ1n) is 9.90. The molecule has 31 heavy (non-hydrogen) atoms. The number of aryl methyl sites for hydroxylation is 1. The first kappa shape index (κ1) is 18.8. The van der Waals surface area contributed by atoms with E-state index in [4.69, 9.17) is 0 Å². The van der Waals surface area contributed by atoms with Crippen molar-refractivity contribution >= 4 is 17.6 Å². The minimum atomic E-state index is -1.25. The van der Waals surface area contributed by atoms with Gasteiger partial charge >= 0.3 is 0 Å². The molecule has 1 aliphatic heterocycles. The summed E-state index contributed by atoms with van der Waals surface area (Å²) in [7, 11) is 0. The third kappa shape index (κ3) is 3.09. The van der Waals surface area contributed by atoms with Gasteiger partial charge in [-0.2, -0.15) is 5.10 Å². The zero-order valence-corrected chi connectivity index (χ0v) is 16.7. The molecule has 3 aromatic carbocycles. The number of carbonyl (C=O) groups is 2. The molecule has 0 saturated carbocycles. The second kappa shape index (κ2) is 7.25. The number of fused-ring (bicyclic) bond motifs is 1. The number of hydrogen-bond acceptors (Lipinski definition) is 4. The number of carboxylic acid groups (broad SMARTS) is 1. The average Bonchev–Trinajstić information content (AvgIpc) is 3.34. The van der Waals surface area contributed by atoms with Gasteiger partial charge in [-0.1, -0.05) is 72.3 Å². The monoisotopic (exact) mass is 408 g/mol. The Bertz CT molecular complexity index is 1280. The number of aromatic amines is 1. The van der Waals surface area contributed by atoms with Crippen molar-refractivity contribution in [1.82, 2.24) is 10.2 Å². The molecule has 0 radical (unpaired) electrons. The van der Waals surface area contributed by atoms with Gasteiger partial charge in [0.2, 0.25) is 0 Å². The van der Waals surface area contributed by atoms with E-state index >= 15 is 0 Å². The number of rotatable bonds is 4. The largest absolute Gasteiger partial charge is 0.545 e. The fourth-order valence-electron chi connectivity index (χ4n) is 4.05. The summed E-state index contributed by atoms with van der Waals surface area (Å²) in [6.07, 6.45) is 0. The van der Waals surface area contributed by atoms with Crippen LogP contribution in [0.1, 0.15) is 43.6 Å². The van der Waals surface area contributed by atoms with Crippen LogP contribution in [0.15, 0.2) is 78.9 Å². The minimum Gasteiger partial charge on any atom is -0.545 e. The van der Waals surface area contributed by atoms with Gasteiger partial charge in [0.1, 0.15) is 5.69 Å². The Kier molecular flexibility index (Phi) is 4.40. The van der Waals surface area contributed by atoms with Crippen LogP contribution in [0.5, 0.6) is 0 Å². The predicted molar refractivity (Wildman–Crippen MR) is 115 cm³/mol. The van der Waals surface area contributed by atoms with Crippen molar-refractivity contribution in [1.29, 1.82) is 0 Å². The lowest BCUT2D eigenvalue weighted by Crippen LogP contribution is -2.29. The van der Waals surface area contributed by atoms with Gasteiger partial charge in [0.05, 0.1) is 17.7 Å². The molecule has 1 aliphatic rings. The maximum absolute atomic E-state index is 13.4. The van der Waals surface area contributed by atoms with Crippen LogP contribution in [0, 0.1) is 6.92 Å². The van der Waals surface area contributed by atoms with Gasteiger partial charge in [-0.15, -0.1) is 0 Å². The number of carbonyl (C=O) groups excluding carboxylic acids is 2. The number of aromatic nitrogens is 2. The van der Waals surface area contributed by atoms with E-state index in [-0.39, 0.29) is 11.5 Å². The summed E-state index contributed by atoms with van der Waals surface area (Å²) in [5.41, 5.74) is 5.64. The number of nitrogens with zero attached hydrogens (tertiary/aromatic N) is 2. The third-order valence-electron chi connectivity index (χ3n) is 5.59. The van der Waals surface area contributed by atoms with Crippen LogP contribution in [0.25, 0.3) is 11.3 Å². The molecular weight excluding hydrogens is 390 g/mol. The first-order chi connectivity index (χ1) is 15.0. The van der Waals surface area contributed by atoms with E-state index in [2.05, 4.69) is 10.2 Å². The van der Waals surface area contributed by atoms with E-state index in [9.17, 15) is 14.7 Å². The van der Waals surface area contributed by atoms with Gasteiger partial charge in [-0.05, 0) is 30.2 Å². The number of carboxylic acids is 1. The van der Waals surface area contributed by atoms with Gasteiger partial charge in [0.25, 0.3) is 5.91 Å². The van der Waals surface area contributed by atoms with Gasteiger partial charge < -0.3 is 9.90 Å². The number of amides is 1. The molecule has 0 aliphatic carbocycles. The molecule has 2 heterocycles. The average molecular weight is 408 g/mol. The number of nitrogens with one attached hydrogen (secondary N) is 1. The van der Waals surface area contributed by atoms with Crippen LogP contribution in [0.2, 0.25) is 0 Å². The smallest absolute Gasteiger partial charge is 0.277 e. The van der Waals surface area contributed by atoms with E-state index in [1.807, 2.05) is 61.5 Å². The summed E-state index contributed by atoms with van der Waals surface area (Å²) < 4.78 is 0. The second-order valence-electron chi connectivity index (χ2n) is 7.55. The number of benzene rings is 3. The highest BCUT2D eigenvalue weighted by molar-refractivity contribution is 6.11. The summed E-state index contributed by atoms with van der Waals surface area (Å²) in [5.74, 6) is -1.47. The number of H-pyrrole nitrogens is 1. The fourth-order valence-corrected chi connectivity index (χ4v) is 4.05. The lowest BCUT2D eigenvalue weighted by Gasteiger charge is -2.26. The molecule has 0 fully saturated rings. The quantitative estimate of drug-likeness (QED) is 0.560. The Balaban J connectivity index is 1.68. The zero-order valence-electron chi connectivity index (χ0n) is 16.7. The first-order valence-corrected chi connectivity index (χ1v) is 9.90. The molecule has 1 amide bonds. The van der Waals surface area contributed by atoms with E-state index in [0.717, 1.165) is 27.9 Å². The van der Waals surface area contributed by atoms with Crippen LogP contribution in [0.3, 0.4) is 0 Å². The van der Waals surface area contributed by atoms with E-state index in [1.54, 1.807) is 17.0 Å². The highest BCUT2D eigenvalue weighted by Crippen LogP contribution is 2.44. The van der Waals surface area contributed by atoms with Crippen LogP contribution >= 0.6 is 0 Å². The van der Waals surface area contributed by atoms with E-state index in [1.165, 1.54) is 12.1 Å². The lowest BCUT2D eigenvalue weighted by atomic mass is 9.95.